The zero-order valence-corrected chi connectivity index (χ0v) is 10.1. The normalized spacial score (nSPS) is 46.9. The summed E-state index contributed by atoms with van der Waals surface area (Å²) in [6.07, 6.45) is 6.31. The molecule has 2 saturated carbocycles. The van der Waals surface area contributed by atoms with E-state index in [0.717, 1.165) is 32.1 Å². The first-order valence-corrected chi connectivity index (χ1v) is 6.68. The monoisotopic (exact) mass is 226 g/mol. The van der Waals surface area contributed by atoms with Gasteiger partial charge in [-0.2, -0.15) is 0 Å². The lowest BCUT2D eigenvalue weighted by atomic mass is 9.60. The fraction of sp³-hybridized carbons (Fsp3) is 1.00. The maximum absolute atomic E-state index is 10.9. The molecule has 3 heteroatoms. The molecule has 0 aromatic carbocycles. The van der Waals surface area contributed by atoms with Crippen LogP contribution in [0, 0.1) is 11.8 Å². The van der Waals surface area contributed by atoms with Crippen molar-refractivity contribution in [1.82, 2.24) is 0 Å². The van der Waals surface area contributed by atoms with Crippen LogP contribution >= 0.6 is 0 Å². The van der Waals surface area contributed by atoms with E-state index in [0.29, 0.717) is 19.1 Å². The first-order chi connectivity index (χ1) is 7.67. The van der Waals surface area contributed by atoms with Crippen molar-refractivity contribution in [3.05, 3.63) is 0 Å². The van der Waals surface area contributed by atoms with Gasteiger partial charge in [-0.15, -0.1) is 0 Å². The molecule has 3 aliphatic rings. The molecule has 1 spiro atoms. The van der Waals surface area contributed by atoms with Gasteiger partial charge in [0.25, 0.3) is 0 Å². The van der Waals surface area contributed by atoms with Crippen LogP contribution in [-0.4, -0.2) is 29.7 Å². The van der Waals surface area contributed by atoms with Crippen molar-refractivity contribution >= 4 is 0 Å². The predicted octanol–water partition coefficient (Wildman–Crippen LogP) is 2.08. The highest BCUT2D eigenvalue weighted by Crippen LogP contribution is 2.53. The van der Waals surface area contributed by atoms with Crippen LogP contribution in [0.15, 0.2) is 0 Å². The van der Waals surface area contributed by atoms with E-state index in [1.54, 1.807) is 0 Å². The maximum Gasteiger partial charge on any atom is 0.174 e. The average molecular weight is 226 g/mol. The highest BCUT2D eigenvalue weighted by atomic mass is 16.7. The average Bonchev–Trinajstić information content (AvgIpc) is 2.71. The van der Waals surface area contributed by atoms with Crippen LogP contribution < -0.4 is 0 Å². The van der Waals surface area contributed by atoms with E-state index in [9.17, 15) is 5.11 Å². The van der Waals surface area contributed by atoms with Crippen LogP contribution in [0.2, 0.25) is 0 Å². The lowest BCUT2D eigenvalue weighted by molar-refractivity contribution is -0.281. The summed E-state index contributed by atoms with van der Waals surface area (Å²) in [6.45, 7) is 3.57. The Labute approximate surface area is 97.1 Å². The van der Waals surface area contributed by atoms with E-state index < -0.39 is 11.4 Å². The van der Waals surface area contributed by atoms with Gasteiger partial charge in [-0.3, -0.25) is 0 Å². The molecule has 0 aromatic heterocycles. The summed E-state index contributed by atoms with van der Waals surface area (Å²) in [5.74, 6) is 0.137. The van der Waals surface area contributed by atoms with Crippen LogP contribution in [0.4, 0.5) is 0 Å². The minimum atomic E-state index is -0.541. The smallest absolute Gasteiger partial charge is 0.174 e. The molecule has 2 aliphatic carbocycles. The number of rotatable bonds is 0. The fourth-order valence-corrected chi connectivity index (χ4v) is 4.10. The Morgan fingerprint density at radius 2 is 1.81 bits per heavy atom. The van der Waals surface area contributed by atoms with Crippen LogP contribution in [-0.2, 0) is 9.47 Å². The Bertz CT molecular complexity index is 266. The van der Waals surface area contributed by atoms with Gasteiger partial charge in [-0.05, 0) is 31.6 Å². The van der Waals surface area contributed by atoms with E-state index in [1.807, 2.05) is 0 Å². The molecule has 16 heavy (non-hydrogen) atoms. The molecule has 1 N–H and O–H groups in total. The van der Waals surface area contributed by atoms with Crippen molar-refractivity contribution in [2.75, 3.05) is 13.2 Å². The molecule has 0 bridgehead atoms. The number of hydrogen-bond donors (Lipinski definition) is 1. The minimum Gasteiger partial charge on any atom is -0.389 e. The molecule has 0 amide bonds. The molecule has 1 saturated heterocycles. The van der Waals surface area contributed by atoms with E-state index in [-0.39, 0.29) is 5.92 Å². The largest absolute Gasteiger partial charge is 0.389 e. The predicted molar refractivity (Wildman–Crippen MR) is 59.9 cm³/mol. The lowest BCUT2D eigenvalue weighted by Gasteiger charge is -2.54. The molecule has 1 heterocycles. The van der Waals surface area contributed by atoms with Crippen LogP contribution in [0.1, 0.15) is 45.4 Å². The Kier molecular flexibility index (Phi) is 2.54. The molecule has 3 nitrogen and oxygen atoms in total. The molecule has 3 atom stereocenters. The van der Waals surface area contributed by atoms with Gasteiger partial charge in [0.2, 0.25) is 0 Å². The van der Waals surface area contributed by atoms with E-state index in [2.05, 4.69) is 6.92 Å². The third kappa shape index (κ3) is 1.38. The minimum absolute atomic E-state index is 0.194. The third-order valence-corrected chi connectivity index (χ3v) is 5.00. The second kappa shape index (κ2) is 3.69. The van der Waals surface area contributed by atoms with E-state index >= 15 is 0 Å². The number of fused-ring (bicyclic) bond motifs is 2. The Hall–Kier alpha value is -0.120. The molecule has 3 fully saturated rings. The topological polar surface area (TPSA) is 38.7 Å². The zero-order chi connectivity index (χ0) is 11.2. The van der Waals surface area contributed by atoms with Gasteiger partial charge in [0.05, 0.1) is 18.8 Å². The summed E-state index contributed by atoms with van der Waals surface area (Å²) in [5, 5.41) is 10.9. The molecule has 1 aliphatic heterocycles. The quantitative estimate of drug-likeness (QED) is 0.687. The van der Waals surface area contributed by atoms with Gasteiger partial charge in [0.15, 0.2) is 5.79 Å². The summed E-state index contributed by atoms with van der Waals surface area (Å²) >= 11 is 0. The Morgan fingerprint density at radius 3 is 2.56 bits per heavy atom. The van der Waals surface area contributed by atoms with Crippen LogP contribution in [0.3, 0.4) is 0 Å². The molecule has 0 radical (unpaired) electrons. The maximum atomic E-state index is 10.9. The van der Waals surface area contributed by atoms with Crippen molar-refractivity contribution in [2.24, 2.45) is 11.8 Å². The highest BCUT2D eigenvalue weighted by Gasteiger charge is 2.59. The van der Waals surface area contributed by atoms with E-state index in [1.165, 1.54) is 6.42 Å². The SMILES string of the molecule is C[C@@H]1CCC[C@H]2C3(CCC[C@@]12O)OCCO3. The van der Waals surface area contributed by atoms with Crippen molar-refractivity contribution in [1.29, 1.82) is 0 Å². The van der Waals surface area contributed by atoms with Crippen molar-refractivity contribution < 1.29 is 14.6 Å². The zero-order valence-electron chi connectivity index (χ0n) is 10.1. The van der Waals surface area contributed by atoms with Crippen molar-refractivity contribution in [2.45, 2.75) is 56.8 Å². The standard InChI is InChI=1S/C13H22O3/c1-10-4-2-5-11-12(10,14)6-3-7-13(11)15-8-9-16-13/h10-11,14H,2-9H2,1H3/t10-,11-,12-/m1/s1. The van der Waals surface area contributed by atoms with Gasteiger partial charge in [-0.25, -0.2) is 0 Å². The second-order valence-corrected chi connectivity index (χ2v) is 5.74. The molecular formula is C13H22O3. The highest BCUT2D eigenvalue weighted by molar-refractivity contribution is 5.05. The van der Waals surface area contributed by atoms with Crippen LogP contribution in [0.25, 0.3) is 0 Å². The van der Waals surface area contributed by atoms with Crippen molar-refractivity contribution in [3.63, 3.8) is 0 Å². The molecule has 0 unspecified atom stereocenters. The van der Waals surface area contributed by atoms with Crippen molar-refractivity contribution in [3.8, 4) is 0 Å². The van der Waals surface area contributed by atoms with Gasteiger partial charge >= 0.3 is 0 Å². The van der Waals surface area contributed by atoms with Gasteiger partial charge in [0.1, 0.15) is 0 Å². The second-order valence-electron chi connectivity index (χ2n) is 5.74. The molecule has 0 aromatic rings. The summed E-state index contributed by atoms with van der Waals surface area (Å²) in [7, 11) is 0. The van der Waals surface area contributed by atoms with Gasteiger partial charge < -0.3 is 14.6 Å². The van der Waals surface area contributed by atoms with Crippen LogP contribution in [0.5, 0.6) is 0 Å². The summed E-state index contributed by atoms with van der Waals surface area (Å²) < 4.78 is 11.8. The number of hydrogen-bond acceptors (Lipinski definition) is 3. The first-order valence-electron chi connectivity index (χ1n) is 6.68. The molecular weight excluding hydrogens is 204 g/mol. The molecule has 92 valence electrons. The fourth-order valence-electron chi connectivity index (χ4n) is 4.10. The summed E-state index contributed by atoms with van der Waals surface area (Å²) in [5.41, 5.74) is -0.541. The lowest BCUT2D eigenvalue weighted by Crippen LogP contribution is -2.60. The van der Waals surface area contributed by atoms with Gasteiger partial charge in [-0.1, -0.05) is 13.3 Å². The molecule has 3 rings (SSSR count). The summed E-state index contributed by atoms with van der Waals surface area (Å²) in [6, 6.07) is 0. The first kappa shape index (κ1) is 11.0. The van der Waals surface area contributed by atoms with Gasteiger partial charge in [0, 0.05) is 12.3 Å². The third-order valence-electron chi connectivity index (χ3n) is 5.00. The number of ether oxygens (including phenoxy) is 2. The van der Waals surface area contributed by atoms with E-state index in [4.69, 9.17) is 9.47 Å². The number of aliphatic hydroxyl groups is 1. The Morgan fingerprint density at radius 1 is 1.06 bits per heavy atom. The Balaban J connectivity index is 1.92. The summed E-state index contributed by atoms with van der Waals surface area (Å²) in [4.78, 5) is 0.